The van der Waals surface area contributed by atoms with Gasteiger partial charge in [0.15, 0.2) is 0 Å². The molecular formula is C102H111F4N7O19. The smallest absolute Gasteiger partial charge is 0.417 e. The van der Waals surface area contributed by atoms with Crippen molar-refractivity contribution in [3.63, 3.8) is 0 Å². The molecule has 7 aliphatic heterocycles. The Morgan fingerprint density at radius 3 is 0.826 bits per heavy atom. The van der Waals surface area contributed by atoms with Gasteiger partial charge in [0.25, 0.3) is 17.7 Å². The molecule has 26 nitrogen and oxygen atoms in total. The monoisotopic (exact) mass is 1810 g/mol. The quantitative estimate of drug-likeness (QED) is 0.0487. The van der Waals surface area contributed by atoms with Crippen LogP contribution in [-0.2, 0) is 75.2 Å². The number of benzene rings is 9. The summed E-state index contributed by atoms with van der Waals surface area (Å²) in [5, 5.41) is 9.36. The maximum absolute atomic E-state index is 17.1. The van der Waals surface area contributed by atoms with E-state index in [9.17, 15) is 48.3 Å². The number of carboxylic acids is 1. The number of hydrogen-bond acceptors (Lipinski definition) is 20. The van der Waals surface area contributed by atoms with Crippen molar-refractivity contribution in [2.45, 2.75) is 150 Å². The summed E-state index contributed by atoms with van der Waals surface area (Å²) in [6.45, 7) is 10.5. The summed E-state index contributed by atoms with van der Waals surface area (Å²) in [5.41, 5.74) is -4.00. The molecule has 696 valence electrons. The van der Waals surface area contributed by atoms with Gasteiger partial charge in [-0.3, -0.25) is 24.2 Å². The number of imide groups is 3. The van der Waals surface area contributed by atoms with E-state index in [1.165, 1.54) is 19.1 Å². The number of nitrogens with zero attached hydrogens (tertiary/aromatic N) is 7. The number of alkyl halides is 4. The Kier molecular flexibility index (Phi) is 30.2. The van der Waals surface area contributed by atoms with Crippen LogP contribution in [0.2, 0.25) is 0 Å². The number of likely N-dealkylation sites (tertiary alicyclic amines) is 4. The molecule has 0 saturated carbocycles. The highest BCUT2D eigenvalue weighted by Crippen LogP contribution is 2.48. The van der Waals surface area contributed by atoms with Crippen molar-refractivity contribution in [2.75, 3.05) is 101 Å². The number of cyclic esters (lactones) is 3. The average Bonchev–Trinajstić information content (AvgIpc) is 1.62. The Bertz CT molecular complexity index is 5290. The van der Waals surface area contributed by atoms with Crippen LogP contribution in [0.1, 0.15) is 115 Å². The Morgan fingerprint density at radius 2 is 0.576 bits per heavy atom. The first-order chi connectivity index (χ1) is 63.0. The molecule has 7 saturated heterocycles. The standard InChI is InChI=1S/2C29H29FN2O4.C27H31FN2O6.C17H22FNO5/c2*1-35-25-14-12-23(13-15-25)26-18-31(17-22-10-6-3-7-11-22)20-29(26,30)27(33)32-24(19-36-28(32)34)16-21-8-4-2-5-9-21;1-26(2,3)36-24(32)29-15-22(19-10-12-21(34-4)13-11-19)27(28,17-29)23(31)30-20(16-35-25(30)33)14-18-8-6-5-7-9-18;1-16(2,3)24-15(22)19-9-13(17(18,10-19)14(20)21)11-5-7-12(23-4)8-6-11/h2*2-15,24,26H,16-20H2,1H3;5-13,20,22H,14-17H2,1-4H3;5-8,13H,9-10H2,1-4H3,(H,20,21)/t24-,26+,29+;24-,26-,29-;20-,22+,27+;13-,17-/m1110/s1. The van der Waals surface area contributed by atoms with Crippen LogP contribution in [0.3, 0.4) is 0 Å². The molecule has 1 N–H and O–H groups in total. The van der Waals surface area contributed by atoms with Crippen LogP contribution in [0.4, 0.5) is 41.5 Å². The highest BCUT2D eigenvalue weighted by molar-refractivity contribution is 6.01. The molecule has 0 aromatic heterocycles. The number of carbonyl (C=O) groups excluding carboxylic acids is 8. The topological polar surface area (TPSA) is 280 Å². The Hall–Kier alpha value is -13.4. The molecule has 9 aromatic rings. The van der Waals surface area contributed by atoms with E-state index in [1.54, 1.807) is 153 Å². The molecule has 9 aromatic carbocycles. The van der Waals surface area contributed by atoms with Crippen molar-refractivity contribution in [3.05, 3.63) is 299 Å². The maximum atomic E-state index is 17.1. The summed E-state index contributed by atoms with van der Waals surface area (Å²) < 4.78 is 113. The number of rotatable bonds is 22. The van der Waals surface area contributed by atoms with Gasteiger partial charge < -0.3 is 57.5 Å². The minimum atomic E-state index is -2.57. The van der Waals surface area contributed by atoms with Gasteiger partial charge in [0.1, 0.15) is 54.0 Å². The molecule has 7 fully saturated rings. The lowest BCUT2D eigenvalue weighted by Crippen LogP contribution is -2.54. The second-order valence-electron chi connectivity index (χ2n) is 35.9. The van der Waals surface area contributed by atoms with E-state index < -0.39 is 143 Å². The van der Waals surface area contributed by atoms with Gasteiger partial charge in [0, 0.05) is 76.0 Å². The van der Waals surface area contributed by atoms with Crippen LogP contribution in [0.15, 0.2) is 249 Å². The third-order valence-electron chi connectivity index (χ3n) is 24.4. The minimum Gasteiger partial charge on any atom is -0.497 e. The third kappa shape index (κ3) is 22.4. The predicted octanol–water partition coefficient (Wildman–Crippen LogP) is 16.3. The molecule has 30 heteroatoms. The van der Waals surface area contributed by atoms with Crippen LogP contribution in [0, 0.1) is 0 Å². The fourth-order valence-corrected chi connectivity index (χ4v) is 17.8. The molecule has 0 unspecified atom stereocenters. The van der Waals surface area contributed by atoms with Crippen molar-refractivity contribution >= 4 is 54.2 Å². The van der Waals surface area contributed by atoms with Gasteiger partial charge in [-0.1, -0.05) is 200 Å². The number of carbonyl (C=O) groups is 9. The number of methoxy groups -OCH3 is 4. The molecular weight excluding hydrogens is 1700 g/mol. The normalized spacial score (nSPS) is 24.0. The molecule has 132 heavy (non-hydrogen) atoms. The van der Waals surface area contributed by atoms with E-state index in [0.717, 1.165) is 47.4 Å². The van der Waals surface area contributed by atoms with E-state index in [1.807, 2.05) is 161 Å². The van der Waals surface area contributed by atoms with Crippen molar-refractivity contribution in [3.8, 4) is 23.0 Å². The first-order valence-corrected chi connectivity index (χ1v) is 43.7. The fourth-order valence-electron chi connectivity index (χ4n) is 17.8. The number of ether oxygens (including phenoxy) is 9. The number of hydrogen-bond donors (Lipinski definition) is 1. The second-order valence-corrected chi connectivity index (χ2v) is 35.9. The second kappa shape index (κ2) is 41.4. The van der Waals surface area contributed by atoms with Gasteiger partial charge in [0.2, 0.25) is 22.7 Å². The molecule has 11 atom stereocenters. The summed E-state index contributed by atoms with van der Waals surface area (Å²) in [6.07, 6.45) is -2.75. The molecule has 7 aliphatic rings. The fraction of sp³-hybridized carbons (Fsp3) is 0.382. The van der Waals surface area contributed by atoms with E-state index in [4.69, 9.17) is 42.6 Å². The van der Waals surface area contributed by atoms with Crippen molar-refractivity contribution in [2.24, 2.45) is 0 Å². The summed E-state index contributed by atoms with van der Waals surface area (Å²) in [7, 11) is 6.16. The van der Waals surface area contributed by atoms with Gasteiger partial charge in [-0.2, -0.15) is 0 Å². The lowest BCUT2D eigenvalue weighted by Gasteiger charge is -2.31. The highest BCUT2D eigenvalue weighted by Gasteiger charge is 2.63. The summed E-state index contributed by atoms with van der Waals surface area (Å²) in [5.74, 6) is -5.29. The van der Waals surface area contributed by atoms with Crippen LogP contribution >= 0.6 is 0 Å². The largest absolute Gasteiger partial charge is 0.497 e. The Morgan fingerprint density at radius 1 is 0.341 bits per heavy atom. The number of carboxylic acid groups (broad SMARTS) is 1. The molecule has 0 spiro atoms. The number of amides is 8. The SMILES string of the molecule is COc1ccc([C@@H]2CN(C(=O)OC(C)(C)C)C[C@@]2(F)C(=O)N2C(=O)OC[C@H]2Cc2ccccc2)cc1.COc1ccc([C@@H]2CN(C(=O)OC(C)(C)C)C[C@@]2(F)C(=O)O)cc1.COc1ccc([C@@H]2CN(Cc3ccccc3)C[C@@]2(F)C(=O)N2C(=O)OC[C@H]2Cc2ccccc2)cc1.COc1ccc([C@H]2CN(Cc3ccccc3)C[C@]2(F)C(=O)N2C(=O)OC[C@H]2Cc2ccccc2)cc1. The highest BCUT2D eigenvalue weighted by atomic mass is 19.2. The van der Waals surface area contributed by atoms with E-state index in [2.05, 4.69) is 0 Å². The van der Waals surface area contributed by atoms with Gasteiger partial charge in [-0.25, -0.2) is 61.0 Å². The Balaban J connectivity index is 0.000000151. The molecule has 16 rings (SSSR count). The van der Waals surface area contributed by atoms with Gasteiger partial charge in [-0.05, 0) is 159 Å². The molecule has 8 amide bonds. The third-order valence-corrected chi connectivity index (χ3v) is 24.4. The molecule has 0 bridgehead atoms. The summed E-state index contributed by atoms with van der Waals surface area (Å²) in [6, 6.07) is 73.6. The molecule has 0 radical (unpaired) electrons. The van der Waals surface area contributed by atoms with Crippen LogP contribution in [0.5, 0.6) is 23.0 Å². The zero-order valence-corrected chi connectivity index (χ0v) is 75.5. The van der Waals surface area contributed by atoms with Gasteiger partial charge in [-0.15, -0.1) is 0 Å². The van der Waals surface area contributed by atoms with E-state index in [-0.39, 0.29) is 46.0 Å². The first-order valence-electron chi connectivity index (χ1n) is 43.7. The Labute approximate surface area is 765 Å². The van der Waals surface area contributed by atoms with Crippen LogP contribution < -0.4 is 18.9 Å². The summed E-state index contributed by atoms with van der Waals surface area (Å²) in [4.78, 5) is 125. The number of halogens is 4. The predicted molar refractivity (Wildman–Crippen MR) is 481 cm³/mol. The molecule has 7 heterocycles. The summed E-state index contributed by atoms with van der Waals surface area (Å²) >= 11 is 0. The lowest BCUT2D eigenvalue weighted by atomic mass is 9.85. The van der Waals surface area contributed by atoms with E-state index in [0.29, 0.717) is 90.7 Å². The number of aliphatic carboxylic acids is 1. The zero-order chi connectivity index (χ0) is 94.5. The van der Waals surface area contributed by atoms with Crippen LogP contribution in [-0.4, -0.2) is 246 Å². The van der Waals surface area contributed by atoms with Crippen molar-refractivity contribution in [1.29, 1.82) is 0 Å². The zero-order valence-electron chi connectivity index (χ0n) is 75.5. The van der Waals surface area contributed by atoms with E-state index >= 15 is 17.6 Å². The minimum absolute atomic E-state index is 0.0292. The maximum Gasteiger partial charge on any atom is 0.417 e. The average molecular weight is 1820 g/mol. The van der Waals surface area contributed by atoms with Crippen molar-refractivity contribution in [1.82, 2.24) is 34.3 Å². The van der Waals surface area contributed by atoms with Crippen molar-refractivity contribution < 1.29 is 108 Å². The van der Waals surface area contributed by atoms with Gasteiger partial charge >= 0.3 is 36.4 Å². The van der Waals surface area contributed by atoms with Crippen LogP contribution in [0.25, 0.3) is 0 Å². The molecule has 0 aliphatic carbocycles. The first kappa shape index (κ1) is 96.2. The lowest BCUT2D eigenvalue weighted by molar-refractivity contribution is -0.151. The van der Waals surface area contributed by atoms with Gasteiger partial charge in [0.05, 0.1) is 59.7 Å².